The van der Waals surface area contributed by atoms with Gasteiger partial charge >= 0.3 is 11.9 Å². The molecule has 0 rings (SSSR count). The van der Waals surface area contributed by atoms with Crippen LogP contribution in [0.5, 0.6) is 0 Å². The largest absolute Gasteiger partial charge is 0.481 e. The molecule has 0 aliphatic carbocycles. The standard InChI is InChI=1S/C5H9NO4.2FH/c6-3(5(9)10)1-2-4(7)8;;/h3H,1-2,6H2,(H,7,8)(H,9,10);2*1H. The third kappa shape index (κ3) is 8.76. The Morgan fingerprint density at radius 3 is 1.92 bits per heavy atom. The van der Waals surface area contributed by atoms with Crippen LogP contribution >= 0.6 is 0 Å². The maximum absolute atomic E-state index is 9.99. The fourth-order valence-corrected chi connectivity index (χ4v) is 0.402. The smallest absolute Gasteiger partial charge is 0.320 e. The monoisotopic (exact) mass is 187 g/mol. The zero-order valence-corrected chi connectivity index (χ0v) is 6.10. The predicted octanol–water partition coefficient (Wildman–Crippen LogP) is -0.432. The average molecular weight is 187 g/mol. The van der Waals surface area contributed by atoms with Gasteiger partial charge in [0.05, 0.1) is 0 Å². The van der Waals surface area contributed by atoms with E-state index in [1.165, 1.54) is 0 Å². The molecule has 0 amide bonds. The van der Waals surface area contributed by atoms with Gasteiger partial charge in [0.25, 0.3) is 0 Å². The van der Waals surface area contributed by atoms with Gasteiger partial charge in [-0.3, -0.25) is 19.0 Å². The molecule has 0 aliphatic rings. The van der Waals surface area contributed by atoms with Crippen molar-refractivity contribution in [2.24, 2.45) is 5.73 Å². The maximum atomic E-state index is 9.99. The predicted molar refractivity (Wildman–Crippen MR) is 37.5 cm³/mol. The van der Waals surface area contributed by atoms with Gasteiger partial charge in [-0.1, -0.05) is 0 Å². The summed E-state index contributed by atoms with van der Waals surface area (Å²) in [6, 6.07) is -1.06. The highest BCUT2D eigenvalue weighted by Gasteiger charge is 2.12. The van der Waals surface area contributed by atoms with Crippen molar-refractivity contribution in [3.05, 3.63) is 0 Å². The van der Waals surface area contributed by atoms with Crippen LogP contribution in [0.15, 0.2) is 0 Å². The van der Waals surface area contributed by atoms with E-state index in [0.717, 1.165) is 0 Å². The van der Waals surface area contributed by atoms with E-state index in [4.69, 9.17) is 15.9 Å². The summed E-state index contributed by atoms with van der Waals surface area (Å²) < 4.78 is 0. The lowest BCUT2D eigenvalue weighted by atomic mass is 10.2. The molecule has 0 saturated carbocycles. The quantitative estimate of drug-likeness (QED) is 0.554. The molecular formula is C5H11F2NO4. The second kappa shape index (κ2) is 7.86. The lowest BCUT2D eigenvalue weighted by Crippen LogP contribution is -2.30. The fourth-order valence-electron chi connectivity index (χ4n) is 0.402. The van der Waals surface area contributed by atoms with E-state index in [1.54, 1.807) is 0 Å². The first-order valence-electron chi connectivity index (χ1n) is 2.74. The summed E-state index contributed by atoms with van der Waals surface area (Å²) in [5, 5.41) is 16.3. The van der Waals surface area contributed by atoms with Crippen LogP contribution in [-0.4, -0.2) is 28.2 Å². The minimum Gasteiger partial charge on any atom is -0.481 e. The molecule has 1 atom stereocenters. The minimum absolute atomic E-state index is 0. The first-order valence-corrected chi connectivity index (χ1v) is 2.74. The first-order chi connectivity index (χ1) is 4.54. The third-order valence-electron chi connectivity index (χ3n) is 0.986. The van der Waals surface area contributed by atoms with Gasteiger partial charge in [0.15, 0.2) is 0 Å². The number of rotatable bonds is 4. The Morgan fingerprint density at radius 2 is 1.67 bits per heavy atom. The molecule has 5 nitrogen and oxygen atoms in total. The topological polar surface area (TPSA) is 101 Å². The van der Waals surface area contributed by atoms with E-state index in [-0.39, 0.29) is 22.3 Å². The second-order valence-electron chi connectivity index (χ2n) is 1.88. The summed E-state index contributed by atoms with van der Waals surface area (Å²) in [4.78, 5) is 19.9. The first kappa shape index (κ1) is 17.0. The minimum atomic E-state index is -1.17. The van der Waals surface area contributed by atoms with Crippen LogP contribution in [0.3, 0.4) is 0 Å². The molecule has 0 aromatic rings. The zero-order valence-electron chi connectivity index (χ0n) is 6.10. The highest BCUT2D eigenvalue weighted by molar-refractivity contribution is 5.74. The molecule has 0 aliphatic heterocycles. The lowest BCUT2D eigenvalue weighted by molar-refractivity contribution is -0.139. The number of carboxylic acids is 2. The normalized spacial score (nSPS) is 10.4. The molecule has 7 heteroatoms. The molecule has 0 saturated heterocycles. The molecule has 74 valence electrons. The van der Waals surface area contributed by atoms with E-state index < -0.39 is 18.0 Å². The van der Waals surface area contributed by atoms with Crippen molar-refractivity contribution in [2.45, 2.75) is 18.9 Å². The van der Waals surface area contributed by atoms with Crippen molar-refractivity contribution in [1.82, 2.24) is 0 Å². The molecule has 1 unspecified atom stereocenters. The second-order valence-corrected chi connectivity index (χ2v) is 1.88. The summed E-state index contributed by atoms with van der Waals surface area (Å²) in [5.74, 6) is -2.20. The number of halogens is 2. The Labute approximate surface area is 66.9 Å². The van der Waals surface area contributed by atoms with Crippen LogP contribution in [0, 0.1) is 0 Å². The number of aliphatic carboxylic acids is 2. The van der Waals surface area contributed by atoms with Crippen LogP contribution in [0.1, 0.15) is 12.8 Å². The van der Waals surface area contributed by atoms with Crippen molar-refractivity contribution >= 4 is 11.9 Å². The number of hydrogen-bond donors (Lipinski definition) is 3. The summed E-state index contributed by atoms with van der Waals surface area (Å²) >= 11 is 0. The van der Waals surface area contributed by atoms with Crippen molar-refractivity contribution in [1.29, 1.82) is 0 Å². The van der Waals surface area contributed by atoms with Gasteiger partial charge in [-0.05, 0) is 6.42 Å². The summed E-state index contributed by atoms with van der Waals surface area (Å²) in [7, 11) is 0. The van der Waals surface area contributed by atoms with Crippen LogP contribution in [0.25, 0.3) is 0 Å². The molecule has 0 radical (unpaired) electrons. The lowest BCUT2D eigenvalue weighted by Gasteiger charge is -2.01. The highest BCUT2D eigenvalue weighted by atomic mass is 19.0. The van der Waals surface area contributed by atoms with Crippen LogP contribution in [0.2, 0.25) is 0 Å². The van der Waals surface area contributed by atoms with E-state index in [2.05, 4.69) is 0 Å². The Balaban J connectivity index is -0.000000405. The van der Waals surface area contributed by atoms with Gasteiger partial charge < -0.3 is 15.9 Å². The molecule has 12 heavy (non-hydrogen) atoms. The van der Waals surface area contributed by atoms with Gasteiger partial charge in [-0.2, -0.15) is 0 Å². The molecule has 0 aromatic carbocycles. The van der Waals surface area contributed by atoms with Gasteiger partial charge in [-0.25, -0.2) is 0 Å². The summed E-state index contributed by atoms with van der Waals surface area (Å²) in [5.41, 5.74) is 5.00. The molecule has 0 fully saturated rings. The number of carboxylic acid groups (broad SMARTS) is 2. The average Bonchev–Trinajstić information content (AvgIpc) is 1.82. The Hall–Kier alpha value is -1.24. The van der Waals surface area contributed by atoms with Crippen molar-refractivity contribution in [3.63, 3.8) is 0 Å². The van der Waals surface area contributed by atoms with E-state index in [1.807, 2.05) is 0 Å². The van der Waals surface area contributed by atoms with Crippen molar-refractivity contribution in [2.75, 3.05) is 0 Å². The Morgan fingerprint density at radius 1 is 1.25 bits per heavy atom. The van der Waals surface area contributed by atoms with Gasteiger partial charge in [0.1, 0.15) is 6.04 Å². The van der Waals surface area contributed by atoms with Gasteiger partial charge in [0, 0.05) is 6.42 Å². The molecule has 4 N–H and O–H groups in total. The van der Waals surface area contributed by atoms with Crippen LogP contribution < -0.4 is 5.73 Å². The molecule has 0 bridgehead atoms. The van der Waals surface area contributed by atoms with Crippen LogP contribution in [-0.2, 0) is 9.59 Å². The molecular weight excluding hydrogens is 176 g/mol. The fraction of sp³-hybridized carbons (Fsp3) is 0.600. The van der Waals surface area contributed by atoms with Crippen LogP contribution in [0.4, 0.5) is 9.41 Å². The van der Waals surface area contributed by atoms with E-state index in [0.29, 0.717) is 0 Å². The number of hydrogen-bond acceptors (Lipinski definition) is 3. The number of nitrogens with two attached hydrogens (primary N) is 1. The number of carbonyl (C=O) groups is 2. The summed E-state index contributed by atoms with van der Waals surface area (Å²) in [6.45, 7) is 0. The Kier molecular flexibility index (Phi) is 11.2. The van der Waals surface area contributed by atoms with Crippen molar-refractivity contribution in [3.8, 4) is 0 Å². The summed E-state index contributed by atoms with van der Waals surface area (Å²) in [6.07, 6.45) is -0.224. The van der Waals surface area contributed by atoms with Gasteiger partial charge in [0.2, 0.25) is 0 Å². The SMILES string of the molecule is F.F.NC(CCC(=O)O)C(=O)O. The Bertz CT molecular complexity index is 152. The van der Waals surface area contributed by atoms with E-state index >= 15 is 0 Å². The van der Waals surface area contributed by atoms with Crippen molar-refractivity contribution < 1.29 is 29.2 Å². The molecule has 0 heterocycles. The maximum Gasteiger partial charge on any atom is 0.320 e. The molecule has 0 aromatic heterocycles. The third-order valence-corrected chi connectivity index (χ3v) is 0.986. The van der Waals surface area contributed by atoms with Gasteiger partial charge in [-0.15, -0.1) is 0 Å². The molecule has 0 spiro atoms. The highest BCUT2D eigenvalue weighted by Crippen LogP contribution is 1.93. The van der Waals surface area contributed by atoms with E-state index in [9.17, 15) is 9.59 Å². The zero-order chi connectivity index (χ0) is 8.15.